The van der Waals surface area contributed by atoms with Gasteiger partial charge in [0.1, 0.15) is 0 Å². The molecule has 2 rings (SSSR count). The molecule has 0 atom stereocenters. The molecule has 132 valence electrons. The Morgan fingerprint density at radius 1 is 1.08 bits per heavy atom. The highest BCUT2D eigenvalue weighted by atomic mass is 16.5. The van der Waals surface area contributed by atoms with E-state index in [1.807, 2.05) is 19.1 Å². The van der Waals surface area contributed by atoms with Crippen molar-refractivity contribution >= 4 is 11.9 Å². The number of urea groups is 1. The number of amides is 3. The van der Waals surface area contributed by atoms with Crippen LogP contribution in [-0.4, -0.2) is 68.2 Å². The number of carbonyl (C=O) groups is 2. The van der Waals surface area contributed by atoms with E-state index in [0.29, 0.717) is 44.2 Å². The number of ether oxygens (including phenoxy) is 2. The van der Waals surface area contributed by atoms with E-state index in [2.05, 4.69) is 5.32 Å². The van der Waals surface area contributed by atoms with E-state index in [1.165, 1.54) is 0 Å². The Morgan fingerprint density at radius 3 is 2.33 bits per heavy atom. The van der Waals surface area contributed by atoms with Crippen LogP contribution in [0.15, 0.2) is 24.3 Å². The Kier molecular flexibility index (Phi) is 6.72. The molecule has 1 saturated heterocycles. The molecule has 1 N–H and O–H groups in total. The van der Waals surface area contributed by atoms with E-state index < -0.39 is 0 Å². The molecule has 0 spiro atoms. The summed E-state index contributed by atoms with van der Waals surface area (Å²) in [4.78, 5) is 27.6. The fraction of sp³-hybridized carbons (Fsp3) is 0.529. The fourth-order valence-corrected chi connectivity index (χ4v) is 2.47. The predicted molar refractivity (Wildman–Crippen MR) is 90.3 cm³/mol. The van der Waals surface area contributed by atoms with Crippen molar-refractivity contribution in [2.75, 3.05) is 46.4 Å². The Balaban J connectivity index is 1.77. The first-order valence-corrected chi connectivity index (χ1v) is 8.22. The van der Waals surface area contributed by atoms with Gasteiger partial charge in [-0.3, -0.25) is 4.79 Å². The number of hydrogen-bond acceptors (Lipinski definition) is 4. The molecule has 3 amide bonds. The smallest absolute Gasteiger partial charge is 0.317 e. The lowest BCUT2D eigenvalue weighted by atomic mass is 10.3. The first kappa shape index (κ1) is 17.9. The van der Waals surface area contributed by atoms with Crippen molar-refractivity contribution in [2.24, 2.45) is 0 Å². The number of piperazine rings is 1. The second kappa shape index (κ2) is 9.00. The predicted octanol–water partition coefficient (Wildman–Crippen LogP) is 1.34. The van der Waals surface area contributed by atoms with Crippen LogP contribution >= 0.6 is 0 Å². The largest absolute Gasteiger partial charge is 0.493 e. The van der Waals surface area contributed by atoms with Crippen molar-refractivity contribution in [3.8, 4) is 11.5 Å². The molecular formula is C17H25N3O4. The normalized spacial score (nSPS) is 14.2. The monoisotopic (exact) mass is 335 g/mol. The maximum Gasteiger partial charge on any atom is 0.317 e. The maximum atomic E-state index is 12.3. The summed E-state index contributed by atoms with van der Waals surface area (Å²) in [5.74, 6) is 1.06. The minimum Gasteiger partial charge on any atom is -0.493 e. The molecule has 24 heavy (non-hydrogen) atoms. The van der Waals surface area contributed by atoms with E-state index in [1.54, 1.807) is 29.0 Å². The van der Waals surface area contributed by atoms with Crippen LogP contribution in [0.25, 0.3) is 0 Å². The molecule has 0 saturated carbocycles. The summed E-state index contributed by atoms with van der Waals surface area (Å²) in [5.41, 5.74) is 0. The van der Waals surface area contributed by atoms with Crippen LogP contribution in [0.1, 0.15) is 13.3 Å². The van der Waals surface area contributed by atoms with Crippen molar-refractivity contribution in [2.45, 2.75) is 13.3 Å². The summed E-state index contributed by atoms with van der Waals surface area (Å²) in [6.45, 7) is 4.76. The third-order valence-electron chi connectivity index (χ3n) is 3.87. The quantitative estimate of drug-likeness (QED) is 0.852. The summed E-state index contributed by atoms with van der Waals surface area (Å²) < 4.78 is 10.8. The first-order valence-electron chi connectivity index (χ1n) is 8.22. The van der Waals surface area contributed by atoms with Crippen molar-refractivity contribution < 1.29 is 19.1 Å². The van der Waals surface area contributed by atoms with Gasteiger partial charge in [-0.2, -0.15) is 0 Å². The highest BCUT2D eigenvalue weighted by Crippen LogP contribution is 2.25. The van der Waals surface area contributed by atoms with Crippen LogP contribution < -0.4 is 14.8 Å². The second-order valence-corrected chi connectivity index (χ2v) is 5.54. The van der Waals surface area contributed by atoms with Crippen molar-refractivity contribution in [3.05, 3.63) is 24.3 Å². The molecule has 7 heteroatoms. The third kappa shape index (κ3) is 4.78. The molecule has 1 aliphatic rings. The second-order valence-electron chi connectivity index (χ2n) is 5.54. The Labute approximate surface area is 142 Å². The number of nitrogens with zero attached hydrogens (tertiary/aromatic N) is 2. The van der Waals surface area contributed by atoms with E-state index in [0.717, 1.165) is 6.42 Å². The molecule has 1 aromatic rings. The molecular weight excluding hydrogens is 310 g/mol. The van der Waals surface area contributed by atoms with Gasteiger partial charge in [0.25, 0.3) is 5.91 Å². The lowest BCUT2D eigenvalue weighted by molar-refractivity contribution is -0.134. The number of rotatable bonds is 6. The highest BCUT2D eigenvalue weighted by molar-refractivity contribution is 5.79. The van der Waals surface area contributed by atoms with Crippen molar-refractivity contribution in [3.63, 3.8) is 0 Å². The van der Waals surface area contributed by atoms with Crippen LogP contribution in [-0.2, 0) is 4.79 Å². The number of para-hydroxylation sites is 2. The van der Waals surface area contributed by atoms with Gasteiger partial charge < -0.3 is 24.6 Å². The van der Waals surface area contributed by atoms with Crippen LogP contribution in [0.2, 0.25) is 0 Å². The van der Waals surface area contributed by atoms with Crippen molar-refractivity contribution in [1.82, 2.24) is 15.1 Å². The molecule has 1 aliphatic heterocycles. The van der Waals surface area contributed by atoms with E-state index in [-0.39, 0.29) is 18.5 Å². The van der Waals surface area contributed by atoms with Crippen LogP contribution in [0.3, 0.4) is 0 Å². The Morgan fingerprint density at radius 2 is 1.71 bits per heavy atom. The highest BCUT2D eigenvalue weighted by Gasteiger charge is 2.24. The third-order valence-corrected chi connectivity index (χ3v) is 3.87. The molecule has 1 fully saturated rings. The number of benzene rings is 1. The zero-order valence-corrected chi connectivity index (χ0v) is 14.3. The average molecular weight is 335 g/mol. The van der Waals surface area contributed by atoms with Crippen LogP contribution in [0, 0.1) is 0 Å². The standard InChI is InChI=1S/C17H25N3O4/c1-3-8-18-17(22)20-11-9-19(10-12-20)16(21)13-24-15-7-5-4-6-14(15)23-2/h4-7H,3,8-13H2,1-2H3,(H,18,22). The summed E-state index contributed by atoms with van der Waals surface area (Å²) in [6.07, 6.45) is 0.907. The summed E-state index contributed by atoms with van der Waals surface area (Å²) in [7, 11) is 1.56. The van der Waals surface area contributed by atoms with Gasteiger partial charge in [-0.05, 0) is 18.6 Å². The lowest BCUT2D eigenvalue weighted by Crippen LogP contribution is -2.54. The van der Waals surface area contributed by atoms with Gasteiger partial charge in [-0.25, -0.2) is 4.79 Å². The molecule has 1 heterocycles. The zero-order valence-electron chi connectivity index (χ0n) is 14.3. The molecule has 0 bridgehead atoms. The van der Waals surface area contributed by atoms with E-state index in [4.69, 9.17) is 9.47 Å². The summed E-state index contributed by atoms with van der Waals surface area (Å²) in [6, 6.07) is 7.16. The van der Waals surface area contributed by atoms with Gasteiger partial charge in [0, 0.05) is 32.7 Å². The summed E-state index contributed by atoms with van der Waals surface area (Å²) in [5, 5.41) is 2.85. The van der Waals surface area contributed by atoms with Gasteiger partial charge >= 0.3 is 6.03 Å². The maximum absolute atomic E-state index is 12.3. The van der Waals surface area contributed by atoms with Crippen LogP contribution in [0.4, 0.5) is 4.79 Å². The minimum atomic E-state index is -0.0884. The number of carbonyl (C=O) groups excluding carboxylic acids is 2. The van der Waals surface area contributed by atoms with Crippen molar-refractivity contribution in [1.29, 1.82) is 0 Å². The van der Waals surface area contributed by atoms with E-state index in [9.17, 15) is 9.59 Å². The average Bonchev–Trinajstić information content (AvgIpc) is 2.64. The Bertz CT molecular complexity index is 557. The summed E-state index contributed by atoms with van der Waals surface area (Å²) >= 11 is 0. The number of nitrogens with one attached hydrogen (secondary N) is 1. The lowest BCUT2D eigenvalue weighted by Gasteiger charge is -2.34. The number of methoxy groups -OCH3 is 1. The molecule has 0 aliphatic carbocycles. The SMILES string of the molecule is CCCNC(=O)N1CCN(C(=O)COc2ccccc2OC)CC1. The molecule has 0 unspecified atom stereocenters. The topological polar surface area (TPSA) is 71.1 Å². The molecule has 1 aromatic carbocycles. The van der Waals surface area contributed by atoms with Crippen LogP contribution in [0.5, 0.6) is 11.5 Å². The first-order chi connectivity index (χ1) is 11.7. The van der Waals surface area contributed by atoms with Gasteiger partial charge in [0.05, 0.1) is 7.11 Å². The molecule has 0 aromatic heterocycles. The zero-order chi connectivity index (χ0) is 17.4. The Hall–Kier alpha value is -2.44. The van der Waals surface area contributed by atoms with Gasteiger partial charge in [-0.15, -0.1) is 0 Å². The van der Waals surface area contributed by atoms with E-state index >= 15 is 0 Å². The minimum absolute atomic E-state index is 0.0393. The van der Waals surface area contributed by atoms with Gasteiger partial charge in [0.15, 0.2) is 18.1 Å². The number of hydrogen-bond donors (Lipinski definition) is 1. The fourth-order valence-electron chi connectivity index (χ4n) is 2.47. The molecule has 7 nitrogen and oxygen atoms in total. The molecule has 0 radical (unpaired) electrons. The van der Waals surface area contributed by atoms with Gasteiger partial charge in [0.2, 0.25) is 0 Å². The van der Waals surface area contributed by atoms with Gasteiger partial charge in [-0.1, -0.05) is 19.1 Å².